The van der Waals surface area contributed by atoms with E-state index in [2.05, 4.69) is 10.3 Å². The van der Waals surface area contributed by atoms with E-state index >= 15 is 0 Å². The van der Waals surface area contributed by atoms with Gasteiger partial charge in [-0.15, -0.1) is 0 Å². The van der Waals surface area contributed by atoms with E-state index in [1.54, 1.807) is 42.6 Å². The van der Waals surface area contributed by atoms with E-state index in [0.717, 1.165) is 0 Å². The molecule has 3 N–H and O–H groups in total. The van der Waals surface area contributed by atoms with Gasteiger partial charge in [0.1, 0.15) is 5.75 Å². The van der Waals surface area contributed by atoms with Gasteiger partial charge in [-0.3, -0.25) is 14.6 Å². The lowest BCUT2D eigenvalue weighted by Crippen LogP contribution is -2.20. The highest BCUT2D eigenvalue weighted by Crippen LogP contribution is 2.10. The lowest BCUT2D eigenvalue weighted by atomic mass is 10.2. The van der Waals surface area contributed by atoms with Gasteiger partial charge < -0.3 is 15.8 Å². The molecule has 2 amide bonds. The van der Waals surface area contributed by atoms with Crippen molar-refractivity contribution in [3.05, 3.63) is 54.4 Å². The van der Waals surface area contributed by atoms with Crippen LogP contribution in [0, 0.1) is 0 Å². The van der Waals surface area contributed by atoms with E-state index in [-0.39, 0.29) is 12.5 Å². The summed E-state index contributed by atoms with van der Waals surface area (Å²) in [4.78, 5) is 26.4. The van der Waals surface area contributed by atoms with Crippen molar-refractivity contribution in [3.63, 3.8) is 0 Å². The summed E-state index contributed by atoms with van der Waals surface area (Å²) in [6.45, 7) is -0.122. The Bertz CT molecular complexity index is 597. The summed E-state index contributed by atoms with van der Waals surface area (Å²) < 4.78 is 5.25. The predicted octanol–water partition coefficient (Wildman–Crippen LogP) is 1.20. The van der Waals surface area contributed by atoms with Crippen molar-refractivity contribution in [2.24, 2.45) is 5.73 Å². The fourth-order valence-corrected chi connectivity index (χ4v) is 1.50. The van der Waals surface area contributed by atoms with Crippen LogP contribution < -0.4 is 15.8 Å². The van der Waals surface area contributed by atoms with E-state index in [0.29, 0.717) is 17.0 Å². The van der Waals surface area contributed by atoms with Crippen LogP contribution in [-0.4, -0.2) is 23.4 Å². The molecule has 6 nitrogen and oxygen atoms in total. The maximum atomic E-state index is 11.7. The smallest absolute Gasteiger partial charge is 0.262 e. The molecular weight excluding hydrogens is 258 g/mol. The van der Waals surface area contributed by atoms with Crippen LogP contribution in [0.25, 0.3) is 0 Å². The van der Waals surface area contributed by atoms with Gasteiger partial charge in [-0.05, 0) is 36.4 Å². The van der Waals surface area contributed by atoms with Crippen LogP contribution >= 0.6 is 0 Å². The van der Waals surface area contributed by atoms with Crippen LogP contribution in [0.1, 0.15) is 10.4 Å². The molecule has 102 valence electrons. The van der Waals surface area contributed by atoms with Gasteiger partial charge in [-0.1, -0.05) is 0 Å². The first kappa shape index (κ1) is 13.5. The SMILES string of the molecule is NC(=O)c1ccc(NC(=O)COc2cccnc2)cc1. The number of primary amides is 1. The second-order valence-electron chi connectivity index (χ2n) is 3.97. The van der Waals surface area contributed by atoms with Gasteiger partial charge in [-0.2, -0.15) is 0 Å². The Morgan fingerprint density at radius 2 is 1.95 bits per heavy atom. The highest BCUT2D eigenvalue weighted by atomic mass is 16.5. The first-order valence-electron chi connectivity index (χ1n) is 5.88. The zero-order valence-electron chi connectivity index (χ0n) is 10.6. The molecule has 2 aromatic rings. The molecule has 0 saturated carbocycles. The summed E-state index contributed by atoms with van der Waals surface area (Å²) in [5, 5.41) is 2.64. The molecule has 0 atom stereocenters. The van der Waals surface area contributed by atoms with Crippen LogP contribution in [0.3, 0.4) is 0 Å². The summed E-state index contributed by atoms with van der Waals surface area (Å²) in [7, 11) is 0. The summed E-state index contributed by atoms with van der Waals surface area (Å²) in [6, 6.07) is 9.71. The van der Waals surface area contributed by atoms with Crippen molar-refractivity contribution in [3.8, 4) is 5.75 Å². The lowest BCUT2D eigenvalue weighted by molar-refractivity contribution is -0.118. The third kappa shape index (κ3) is 3.81. The number of pyridine rings is 1. The molecule has 2 rings (SSSR count). The Morgan fingerprint density at radius 3 is 2.55 bits per heavy atom. The topological polar surface area (TPSA) is 94.3 Å². The second-order valence-corrected chi connectivity index (χ2v) is 3.97. The molecule has 1 heterocycles. The summed E-state index contributed by atoms with van der Waals surface area (Å²) in [6.07, 6.45) is 3.14. The molecule has 0 aliphatic carbocycles. The Morgan fingerprint density at radius 1 is 1.20 bits per heavy atom. The number of carbonyl (C=O) groups is 2. The monoisotopic (exact) mass is 271 g/mol. The molecule has 0 spiro atoms. The van der Waals surface area contributed by atoms with Gasteiger partial charge in [-0.25, -0.2) is 0 Å². The largest absolute Gasteiger partial charge is 0.482 e. The van der Waals surface area contributed by atoms with Gasteiger partial charge in [0, 0.05) is 17.4 Å². The number of nitrogens with two attached hydrogens (primary N) is 1. The number of carbonyl (C=O) groups excluding carboxylic acids is 2. The summed E-state index contributed by atoms with van der Waals surface area (Å²) in [5.41, 5.74) is 6.07. The Labute approximate surface area is 115 Å². The molecule has 0 radical (unpaired) electrons. The normalized spacial score (nSPS) is 9.80. The first-order valence-corrected chi connectivity index (χ1v) is 5.88. The van der Waals surface area contributed by atoms with Gasteiger partial charge in [0.25, 0.3) is 5.91 Å². The average molecular weight is 271 g/mol. The molecular formula is C14H13N3O3. The molecule has 0 fully saturated rings. The maximum Gasteiger partial charge on any atom is 0.262 e. The minimum Gasteiger partial charge on any atom is -0.482 e. The Balaban J connectivity index is 1.86. The Kier molecular flexibility index (Phi) is 4.28. The number of ether oxygens (including phenoxy) is 1. The van der Waals surface area contributed by atoms with Crippen molar-refractivity contribution in [1.29, 1.82) is 0 Å². The van der Waals surface area contributed by atoms with Crippen molar-refractivity contribution in [1.82, 2.24) is 4.98 Å². The molecule has 1 aromatic carbocycles. The van der Waals surface area contributed by atoms with E-state index in [4.69, 9.17) is 10.5 Å². The second kappa shape index (κ2) is 6.33. The number of aromatic nitrogens is 1. The van der Waals surface area contributed by atoms with Crippen LogP contribution in [0.15, 0.2) is 48.8 Å². The van der Waals surface area contributed by atoms with E-state index in [1.165, 1.54) is 6.20 Å². The maximum absolute atomic E-state index is 11.7. The molecule has 6 heteroatoms. The fourth-order valence-electron chi connectivity index (χ4n) is 1.50. The van der Waals surface area contributed by atoms with Crippen molar-refractivity contribution in [2.75, 3.05) is 11.9 Å². The molecule has 0 bridgehead atoms. The number of benzene rings is 1. The van der Waals surface area contributed by atoms with Crippen LogP contribution in [0.4, 0.5) is 5.69 Å². The van der Waals surface area contributed by atoms with Crippen LogP contribution in [0.2, 0.25) is 0 Å². The number of anilines is 1. The number of hydrogen-bond acceptors (Lipinski definition) is 4. The number of amides is 2. The molecule has 20 heavy (non-hydrogen) atoms. The zero-order chi connectivity index (χ0) is 14.4. The lowest BCUT2D eigenvalue weighted by Gasteiger charge is -2.07. The van der Waals surface area contributed by atoms with Gasteiger partial charge in [0.15, 0.2) is 6.61 Å². The number of nitrogens with one attached hydrogen (secondary N) is 1. The third-order valence-electron chi connectivity index (χ3n) is 2.46. The molecule has 0 unspecified atom stereocenters. The highest BCUT2D eigenvalue weighted by Gasteiger charge is 2.05. The average Bonchev–Trinajstić information content (AvgIpc) is 2.47. The Hall–Kier alpha value is -2.89. The van der Waals surface area contributed by atoms with E-state index < -0.39 is 5.91 Å². The van der Waals surface area contributed by atoms with E-state index in [9.17, 15) is 9.59 Å². The number of rotatable bonds is 5. The van der Waals surface area contributed by atoms with Gasteiger partial charge in [0.2, 0.25) is 5.91 Å². The van der Waals surface area contributed by atoms with Crippen molar-refractivity contribution >= 4 is 17.5 Å². The minimum absolute atomic E-state index is 0.122. The molecule has 1 aromatic heterocycles. The van der Waals surface area contributed by atoms with Crippen LogP contribution in [0.5, 0.6) is 5.75 Å². The quantitative estimate of drug-likeness (QED) is 0.854. The minimum atomic E-state index is -0.511. The summed E-state index contributed by atoms with van der Waals surface area (Å²) >= 11 is 0. The zero-order valence-corrected chi connectivity index (χ0v) is 10.6. The molecule has 0 aliphatic rings. The summed E-state index contributed by atoms with van der Waals surface area (Å²) in [5.74, 6) is -0.296. The molecule has 0 aliphatic heterocycles. The van der Waals surface area contributed by atoms with Crippen molar-refractivity contribution < 1.29 is 14.3 Å². The van der Waals surface area contributed by atoms with Crippen LogP contribution in [-0.2, 0) is 4.79 Å². The standard InChI is InChI=1S/C14H13N3O3/c15-14(19)10-3-5-11(6-4-10)17-13(18)9-20-12-2-1-7-16-8-12/h1-8H,9H2,(H2,15,19)(H,17,18). The highest BCUT2D eigenvalue weighted by molar-refractivity contribution is 5.95. The predicted molar refractivity (Wildman–Crippen MR) is 73.3 cm³/mol. The molecule has 0 saturated heterocycles. The first-order chi connectivity index (χ1) is 9.65. The van der Waals surface area contributed by atoms with E-state index in [1.807, 2.05) is 0 Å². The fraction of sp³-hybridized carbons (Fsp3) is 0.0714. The number of nitrogens with zero attached hydrogens (tertiary/aromatic N) is 1. The number of hydrogen-bond donors (Lipinski definition) is 2. The third-order valence-corrected chi connectivity index (χ3v) is 2.46. The van der Waals surface area contributed by atoms with Crippen molar-refractivity contribution in [2.45, 2.75) is 0 Å². The van der Waals surface area contributed by atoms with Gasteiger partial charge in [0.05, 0.1) is 6.20 Å². The van der Waals surface area contributed by atoms with Gasteiger partial charge >= 0.3 is 0 Å².